The van der Waals surface area contributed by atoms with Gasteiger partial charge in [0.1, 0.15) is 5.82 Å². The van der Waals surface area contributed by atoms with Gasteiger partial charge in [-0.1, -0.05) is 0 Å². The van der Waals surface area contributed by atoms with E-state index in [1.54, 1.807) is 11.3 Å². The minimum Gasteiger partial charge on any atom is -0.363 e. The number of aromatic nitrogens is 3. The van der Waals surface area contributed by atoms with Crippen LogP contribution >= 0.6 is 11.3 Å². The van der Waals surface area contributed by atoms with E-state index in [1.165, 1.54) is 4.88 Å². The van der Waals surface area contributed by atoms with Crippen molar-refractivity contribution in [2.24, 2.45) is 0 Å². The van der Waals surface area contributed by atoms with Gasteiger partial charge >= 0.3 is 0 Å². The lowest BCUT2D eigenvalue weighted by atomic mass is 10.2. The fourth-order valence-electron chi connectivity index (χ4n) is 2.64. The number of anilines is 3. The minimum absolute atomic E-state index is 0.418. The lowest BCUT2D eigenvalue weighted by molar-refractivity contribution is 0.674. The monoisotopic (exact) mass is 318 g/mol. The molecule has 6 nitrogen and oxygen atoms in total. The van der Waals surface area contributed by atoms with Crippen molar-refractivity contribution in [1.82, 2.24) is 15.0 Å². The number of aryl methyl sites for hydroxylation is 1. The van der Waals surface area contributed by atoms with Gasteiger partial charge in [0.15, 0.2) is 5.13 Å². The van der Waals surface area contributed by atoms with Gasteiger partial charge in [0.2, 0.25) is 5.95 Å². The SMILES string of the molecule is Cc1cnc(N2CCC(N(C)c3nccc(N(C)C)n3)C2)s1. The van der Waals surface area contributed by atoms with Crippen molar-refractivity contribution < 1.29 is 0 Å². The van der Waals surface area contributed by atoms with Crippen LogP contribution in [0.1, 0.15) is 11.3 Å². The first kappa shape index (κ1) is 15.0. The molecule has 2 aromatic heterocycles. The zero-order valence-corrected chi connectivity index (χ0v) is 14.3. The summed E-state index contributed by atoms with van der Waals surface area (Å²) in [6, 6.07) is 2.35. The van der Waals surface area contributed by atoms with Crippen molar-refractivity contribution in [2.45, 2.75) is 19.4 Å². The standard InChI is InChI=1S/C15H22N6S/c1-11-9-17-15(22-11)21-8-6-12(10-21)20(4)14-16-7-5-13(18-14)19(2)3/h5,7,9,12H,6,8,10H2,1-4H3. The normalized spacial score (nSPS) is 17.8. The summed E-state index contributed by atoms with van der Waals surface area (Å²) in [4.78, 5) is 21.3. The molecule has 1 fully saturated rings. The first-order chi connectivity index (χ1) is 10.5. The molecule has 3 rings (SSSR count). The second kappa shape index (κ2) is 6.08. The molecule has 0 aromatic carbocycles. The highest BCUT2D eigenvalue weighted by Gasteiger charge is 2.28. The van der Waals surface area contributed by atoms with E-state index < -0.39 is 0 Å². The third-order valence-corrected chi connectivity index (χ3v) is 4.97. The quantitative estimate of drug-likeness (QED) is 0.859. The molecule has 7 heteroatoms. The van der Waals surface area contributed by atoms with Gasteiger partial charge in [-0.3, -0.25) is 0 Å². The molecule has 2 aromatic rings. The van der Waals surface area contributed by atoms with Crippen molar-refractivity contribution in [3.63, 3.8) is 0 Å². The van der Waals surface area contributed by atoms with Crippen LogP contribution in [0, 0.1) is 6.92 Å². The summed E-state index contributed by atoms with van der Waals surface area (Å²) in [6.07, 6.45) is 4.87. The number of hydrogen-bond donors (Lipinski definition) is 0. The zero-order valence-electron chi connectivity index (χ0n) is 13.5. The van der Waals surface area contributed by atoms with E-state index in [4.69, 9.17) is 0 Å². The average molecular weight is 318 g/mol. The van der Waals surface area contributed by atoms with Gasteiger partial charge in [-0.2, -0.15) is 4.98 Å². The number of rotatable bonds is 4. The van der Waals surface area contributed by atoms with E-state index in [2.05, 4.69) is 38.7 Å². The molecule has 0 aliphatic carbocycles. The van der Waals surface area contributed by atoms with Gasteiger partial charge in [0.05, 0.1) is 6.04 Å². The molecular weight excluding hydrogens is 296 g/mol. The molecule has 1 aliphatic rings. The van der Waals surface area contributed by atoms with Crippen LogP contribution in [0.3, 0.4) is 0 Å². The summed E-state index contributed by atoms with van der Waals surface area (Å²) in [6.45, 7) is 4.11. The maximum absolute atomic E-state index is 4.63. The number of nitrogens with zero attached hydrogens (tertiary/aromatic N) is 6. The second-order valence-electron chi connectivity index (χ2n) is 5.86. The molecule has 1 atom stereocenters. The Morgan fingerprint density at radius 2 is 2.09 bits per heavy atom. The van der Waals surface area contributed by atoms with Crippen molar-refractivity contribution >= 4 is 28.2 Å². The first-order valence-corrected chi connectivity index (χ1v) is 8.27. The highest BCUT2D eigenvalue weighted by molar-refractivity contribution is 7.15. The Morgan fingerprint density at radius 3 is 2.77 bits per heavy atom. The third-order valence-electron chi connectivity index (χ3n) is 3.99. The van der Waals surface area contributed by atoms with Gasteiger partial charge in [-0.15, -0.1) is 11.3 Å². The molecule has 0 bridgehead atoms. The summed E-state index contributed by atoms with van der Waals surface area (Å²) < 4.78 is 0. The van der Waals surface area contributed by atoms with Gasteiger partial charge in [-0.25, -0.2) is 9.97 Å². The predicted molar refractivity (Wildman–Crippen MR) is 92.2 cm³/mol. The summed E-state index contributed by atoms with van der Waals surface area (Å²) >= 11 is 1.76. The van der Waals surface area contributed by atoms with E-state index in [0.29, 0.717) is 6.04 Å². The summed E-state index contributed by atoms with van der Waals surface area (Å²) in [5, 5.41) is 1.12. The molecule has 0 saturated carbocycles. The summed E-state index contributed by atoms with van der Waals surface area (Å²) in [7, 11) is 6.07. The Bertz CT molecular complexity index is 640. The number of thiazole rings is 1. The van der Waals surface area contributed by atoms with Crippen LogP contribution in [-0.4, -0.2) is 55.2 Å². The van der Waals surface area contributed by atoms with Gasteiger partial charge < -0.3 is 14.7 Å². The molecule has 3 heterocycles. The largest absolute Gasteiger partial charge is 0.363 e. The molecule has 118 valence electrons. The minimum atomic E-state index is 0.418. The van der Waals surface area contributed by atoms with E-state index in [0.717, 1.165) is 36.4 Å². The molecule has 0 N–H and O–H groups in total. The fraction of sp³-hybridized carbons (Fsp3) is 0.533. The number of hydrogen-bond acceptors (Lipinski definition) is 7. The lowest BCUT2D eigenvalue weighted by Gasteiger charge is -2.25. The van der Waals surface area contributed by atoms with Gasteiger partial charge in [-0.05, 0) is 19.4 Å². The van der Waals surface area contributed by atoms with Crippen molar-refractivity contribution in [1.29, 1.82) is 0 Å². The molecule has 0 spiro atoms. The highest BCUT2D eigenvalue weighted by atomic mass is 32.1. The molecule has 1 saturated heterocycles. The van der Waals surface area contributed by atoms with Crippen LogP contribution in [0.5, 0.6) is 0 Å². The molecule has 1 aliphatic heterocycles. The Hall–Kier alpha value is -1.89. The van der Waals surface area contributed by atoms with E-state index >= 15 is 0 Å². The Morgan fingerprint density at radius 1 is 1.27 bits per heavy atom. The second-order valence-corrected chi connectivity index (χ2v) is 7.08. The maximum Gasteiger partial charge on any atom is 0.227 e. The van der Waals surface area contributed by atoms with Crippen LogP contribution in [0.15, 0.2) is 18.5 Å². The Balaban J connectivity index is 1.71. The first-order valence-electron chi connectivity index (χ1n) is 7.45. The molecule has 0 radical (unpaired) electrons. The van der Waals surface area contributed by atoms with E-state index in [9.17, 15) is 0 Å². The molecular formula is C15H22N6S. The lowest BCUT2D eigenvalue weighted by Crippen LogP contribution is -2.35. The number of likely N-dealkylation sites (N-methyl/N-ethyl adjacent to an activating group) is 1. The molecule has 0 amide bonds. The van der Waals surface area contributed by atoms with Crippen LogP contribution in [0.2, 0.25) is 0 Å². The highest BCUT2D eigenvalue weighted by Crippen LogP contribution is 2.27. The van der Waals surface area contributed by atoms with E-state index in [-0.39, 0.29) is 0 Å². The van der Waals surface area contributed by atoms with Gasteiger partial charge in [0, 0.05) is 51.5 Å². The van der Waals surface area contributed by atoms with Crippen LogP contribution in [0.25, 0.3) is 0 Å². The van der Waals surface area contributed by atoms with Gasteiger partial charge in [0.25, 0.3) is 0 Å². The fourth-order valence-corrected chi connectivity index (χ4v) is 3.44. The summed E-state index contributed by atoms with van der Waals surface area (Å²) in [5.41, 5.74) is 0. The molecule has 22 heavy (non-hydrogen) atoms. The van der Waals surface area contributed by atoms with Crippen molar-refractivity contribution in [2.75, 3.05) is 48.9 Å². The zero-order chi connectivity index (χ0) is 15.7. The van der Waals surface area contributed by atoms with E-state index in [1.807, 2.05) is 37.5 Å². The predicted octanol–water partition coefficient (Wildman–Crippen LogP) is 2.02. The van der Waals surface area contributed by atoms with Crippen LogP contribution in [-0.2, 0) is 0 Å². The van der Waals surface area contributed by atoms with Crippen molar-refractivity contribution in [3.8, 4) is 0 Å². The smallest absolute Gasteiger partial charge is 0.227 e. The molecule has 1 unspecified atom stereocenters. The van der Waals surface area contributed by atoms with Crippen molar-refractivity contribution in [3.05, 3.63) is 23.3 Å². The van der Waals surface area contributed by atoms with Crippen LogP contribution in [0.4, 0.5) is 16.9 Å². The summed E-state index contributed by atoms with van der Waals surface area (Å²) in [5.74, 6) is 1.72. The topological polar surface area (TPSA) is 48.4 Å². The third kappa shape index (κ3) is 2.99. The van der Waals surface area contributed by atoms with Crippen LogP contribution < -0.4 is 14.7 Å². The Labute approximate surface area is 135 Å². The maximum atomic E-state index is 4.63. The Kier molecular flexibility index (Phi) is 4.15. The average Bonchev–Trinajstić information content (AvgIpc) is 3.15.